The highest BCUT2D eigenvalue weighted by Gasteiger charge is 2.28. The third kappa shape index (κ3) is 4.23. The summed E-state index contributed by atoms with van der Waals surface area (Å²) in [5.74, 6) is 0.980. The molecule has 0 radical (unpaired) electrons. The van der Waals surface area contributed by atoms with Crippen LogP contribution in [0.5, 0.6) is 0 Å². The van der Waals surface area contributed by atoms with Crippen molar-refractivity contribution in [3.8, 4) is 0 Å². The molecule has 1 saturated heterocycles. The Bertz CT molecular complexity index is 321. The second kappa shape index (κ2) is 6.16. The lowest BCUT2D eigenvalue weighted by Gasteiger charge is -2.30. The van der Waals surface area contributed by atoms with E-state index in [9.17, 15) is 8.42 Å². The number of nitrogens with zero attached hydrogens (tertiary/aromatic N) is 1. The molecule has 102 valence electrons. The first-order valence-electron chi connectivity index (χ1n) is 6.51. The Hall–Kier alpha value is -0.130. The fraction of sp³-hybridized carbons (Fsp3) is 1.00. The van der Waals surface area contributed by atoms with Crippen LogP contribution in [-0.4, -0.2) is 44.7 Å². The fourth-order valence-corrected chi connectivity index (χ4v) is 4.05. The molecule has 0 aliphatic carbocycles. The first kappa shape index (κ1) is 14.9. The van der Waals surface area contributed by atoms with E-state index in [1.807, 2.05) is 6.92 Å². The Labute approximate surface area is 106 Å². The Morgan fingerprint density at radius 3 is 2.24 bits per heavy atom. The summed E-state index contributed by atoms with van der Waals surface area (Å²) >= 11 is 0. The van der Waals surface area contributed by atoms with Crippen LogP contribution >= 0.6 is 0 Å². The first-order valence-corrected chi connectivity index (χ1v) is 8.12. The molecule has 1 heterocycles. The first-order chi connectivity index (χ1) is 7.84. The van der Waals surface area contributed by atoms with Gasteiger partial charge in [0.05, 0.1) is 5.75 Å². The van der Waals surface area contributed by atoms with Gasteiger partial charge in [-0.2, -0.15) is 0 Å². The van der Waals surface area contributed by atoms with Crippen molar-refractivity contribution in [3.63, 3.8) is 0 Å². The maximum atomic E-state index is 12.3. The molecular weight excluding hydrogens is 236 g/mol. The zero-order valence-corrected chi connectivity index (χ0v) is 12.3. The second-order valence-electron chi connectivity index (χ2n) is 5.47. The van der Waals surface area contributed by atoms with Crippen molar-refractivity contribution < 1.29 is 8.42 Å². The SMILES string of the molecule is CC(C)C(C)N(C)S(=O)(=O)CC1CCNCC1. The molecule has 0 saturated carbocycles. The summed E-state index contributed by atoms with van der Waals surface area (Å²) in [5.41, 5.74) is 0. The van der Waals surface area contributed by atoms with Crippen LogP contribution in [0.2, 0.25) is 0 Å². The molecule has 1 rings (SSSR count). The van der Waals surface area contributed by atoms with E-state index in [2.05, 4.69) is 19.2 Å². The summed E-state index contributed by atoms with van der Waals surface area (Å²) in [7, 11) is -1.39. The van der Waals surface area contributed by atoms with Crippen LogP contribution in [0.3, 0.4) is 0 Å². The van der Waals surface area contributed by atoms with E-state index < -0.39 is 10.0 Å². The summed E-state index contributed by atoms with van der Waals surface area (Å²) < 4.78 is 26.1. The smallest absolute Gasteiger partial charge is 0.214 e. The van der Waals surface area contributed by atoms with Crippen LogP contribution in [0.25, 0.3) is 0 Å². The van der Waals surface area contributed by atoms with E-state index in [4.69, 9.17) is 0 Å². The van der Waals surface area contributed by atoms with Crippen molar-refractivity contribution >= 4 is 10.0 Å². The van der Waals surface area contributed by atoms with Crippen molar-refractivity contribution in [1.82, 2.24) is 9.62 Å². The van der Waals surface area contributed by atoms with E-state index in [1.54, 1.807) is 11.4 Å². The minimum Gasteiger partial charge on any atom is -0.317 e. The van der Waals surface area contributed by atoms with E-state index in [0.717, 1.165) is 25.9 Å². The molecule has 1 aliphatic heterocycles. The van der Waals surface area contributed by atoms with Crippen molar-refractivity contribution in [2.75, 3.05) is 25.9 Å². The lowest BCUT2D eigenvalue weighted by atomic mass is 10.0. The van der Waals surface area contributed by atoms with E-state index in [1.165, 1.54) is 0 Å². The molecule has 1 atom stereocenters. The van der Waals surface area contributed by atoms with Gasteiger partial charge in [0.2, 0.25) is 10.0 Å². The normalized spacial score (nSPS) is 21.1. The van der Waals surface area contributed by atoms with Gasteiger partial charge in [-0.15, -0.1) is 0 Å². The highest BCUT2D eigenvalue weighted by Crippen LogP contribution is 2.19. The summed E-state index contributed by atoms with van der Waals surface area (Å²) in [5, 5.41) is 3.26. The van der Waals surface area contributed by atoms with Gasteiger partial charge in [-0.05, 0) is 44.7 Å². The average molecular weight is 262 g/mol. The molecule has 0 aromatic rings. The predicted octanol–water partition coefficient (Wildman–Crippen LogP) is 1.29. The largest absolute Gasteiger partial charge is 0.317 e. The summed E-state index contributed by atoms with van der Waals surface area (Å²) in [6.45, 7) is 7.99. The zero-order valence-electron chi connectivity index (χ0n) is 11.4. The minimum absolute atomic E-state index is 0.0710. The van der Waals surface area contributed by atoms with Crippen molar-refractivity contribution in [1.29, 1.82) is 0 Å². The molecule has 0 aromatic carbocycles. The topological polar surface area (TPSA) is 49.4 Å². The molecule has 4 nitrogen and oxygen atoms in total. The van der Waals surface area contributed by atoms with E-state index in [-0.39, 0.29) is 6.04 Å². The molecule has 0 spiro atoms. The average Bonchev–Trinajstić information content (AvgIpc) is 2.27. The standard InChI is InChI=1S/C12H26N2O2S/c1-10(2)11(3)14(4)17(15,16)9-12-5-7-13-8-6-12/h10-13H,5-9H2,1-4H3. The third-order valence-corrected chi connectivity index (χ3v) is 5.98. The third-order valence-electron chi connectivity index (χ3n) is 3.88. The molecule has 5 heteroatoms. The molecule has 1 unspecified atom stereocenters. The van der Waals surface area contributed by atoms with Crippen LogP contribution in [0, 0.1) is 11.8 Å². The van der Waals surface area contributed by atoms with Crippen LogP contribution < -0.4 is 5.32 Å². The van der Waals surface area contributed by atoms with Crippen LogP contribution in [0.1, 0.15) is 33.6 Å². The molecule has 1 fully saturated rings. The van der Waals surface area contributed by atoms with Crippen LogP contribution in [-0.2, 0) is 10.0 Å². The van der Waals surface area contributed by atoms with E-state index >= 15 is 0 Å². The monoisotopic (exact) mass is 262 g/mol. The highest BCUT2D eigenvalue weighted by atomic mass is 32.2. The van der Waals surface area contributed by atoms with Gasteiger partial charge in [-0.25, -0.2) is 12.7 Å². The Balaban J connectivity index is 2.60. The van der Waals surface area contributed by atoms with Gasteiger partial charge in [0, 0.05) is 13.1 Å². The molecule has 0 aromatic heterocycles. The van der Waals surface area contributed by atoms with Gasteiger partial charge in [0.25, 0.3) is 0 Å². The molecule has 1 aliphatic rings. The second-order valence-corrected chi connectivity index (χ2v) is 7.55. The number of piperidine rings is 1. The quantitative estimate of drug-likeness (QED) is 0.812. The Morgan fingerprint density at radius 2 is 1.76 bits per heavy atom. The molecule has 0 bridgehead atoms. The van der Waals surface area contributed by atoms with E-state index in [0.29, 0.717) is 17.6 Å². The molecule has 17 heavy (non-hydrogen) atoms. The van der Waals surface area contributed by atoms with Gasteiger partial charge in [-0.1, -0.05) is 13.8 Å². The fourth-order valence-electron chi connectivity index (χ4n) is 2.14. The van der Waals surface area contributed by atoms with Crippen molar-refractivity contribution in [2.45, 2.75) is 39.7 Å². The Kier molecular flexibility index (Phi) is 5.41. The van der Waals surface area contributed by atoms with Gasteiger partial charge in [-0.3, -0.25) is 0 Å². The van der Waals surface area contributed by atoms with Gasteiger partial charge >= 0.3 is 0 Å². The molecule has 1 N–H and O–H groups in total. The van der Waals surface area contributed by atoms with Gasteiger partial charge < -0.3 is 5.32 Å². The zero-order chi connectivity index (χ0) is 13.1. The van der Waals surface area contributed by atoms with Crippen molar-refractivity contribution in [3.05, 3.63) is 0 Å². The molecular formula is C12H26N2O2S. The Morgan fingerprint density at radius 1 is 1.24 bits per heavy atom. The highest BCUT2D eigenvalue weighted by molar-refractivity contribution is 7.89. The number of hydrogen-bond acceptors (Lipinski definition) is 3. The van der Waals surface area contributed by atoms with Gasteiger partial charge in [0.1, 0.15) is 0 Å². The number of sulfonamides is 1. The maximum Gasteiger partial charge on any atom is 0.214 e. The van der Waals surface area contributed by atoms with Crippen LogP contribution in [0.4, 0.5) is 0 Å². The van der Waals surface area contributed by atoms with Gasteiger partial charge in [0.15, 0.2) is 0 Å². The summed E-state index contributed by atoms with van der Waals surface area (Å²) in [6, 6.07) is 0.0710. The van der Waals surface area contributed by atoms with Crippen LogP contribution in [0.15, 0.2) is 0 Å². The van der Waals surface area contributed by atoms with Crippen molar-refractivity contribution in [2.24, 2.45) is 11.8 Å². The lowest BCUT2D eigenvalue weighted by molar-refractivity contribution is 0.309. The maximum absolute atomic E-state index is 12.3. The predicted molar refractivity (Wildman–Crippen MR) is 71.4 cm³/mol. The number of hydrogen-bond donors (Lipinski definition) is 1. The summed E-state index contributed by atoms with van der Waals surface area (Å²) in [6.07, 6.45) is 1.95. The lowest BCUT2D eigenvalue weighted by Crippen LogP contribution is -2.42. The number of nitrogens with one attached hydrogen (secondary N) is 1. The minimum atomic E-state index is -3.10. The molecule has 0 amide bonds. The number of rotatable bonds is 5. The summed E-state index contributed by atoms with van der Waals surface area (Å²) in [4.78, 5) is 0.